The zero-order valence-corrected chi connectivity index (χ0v) is 11.3. The Bertz CT molecular complexity index is 484. The van der Waals surface area contributed by atoms with Crippen LogP contribution in [0.4, 0.5) is 11.5 Å². The van der Waals surface area contributed by atoms with Gasteiger partial charge in [-0.25, -0.2) is 4.98 Å². The van der Waals surface area contributed by atoms with Crippen molar-refractivity contribution in [3.05, 3.63) is 26.9 Å². The lowest BCUT2D eigenvalue weighted by atomic mass is 10.0. The van der Waals surface area contributed by atoms with Gasteiger partial charge in [-0.15, -0.1) is 0 Å². The van der Waals surface area contributed by atoms with E-state index in [1.165, 1.54) is 6.07 Å². The first kappa shape index (κ1) is 11.9. The number of nitrogens with one attached hydrogen (secondary N) is 1. The summed E-state index contributed by atoms with van der Waals surface area (Å²) in [6.07, 6.45) is 1.62. The van der Waals surface area contributed by atoms with Crippen LogP contribution in [-0.4, -0.2) is 36.1 Å². The monoisotopic (exact) mass is 312 g/mol. The molecule has 2 saturated heterocycles. The molecule has 1 aromatic heterocycles. The number of rotatable bonds is 2. The highest BCUT2D eigenvalue weighted by atomic mass is 79.9. The molecule has 1 aromatic rings. The average molecular weight is 313 g/mol. The van der Waals surface area contributed by atoms with Crippen LogP contribution in [0.5, 0.6) is 0 Å². The molecule has 3 rings (SSSR count). The van der Waals surface area contributed by atoms with E-state index in [0.29, 0.717) is 22.1 Å². The topological polar surface area (TPSA) is 71.3 Å². The fourth-order valence-corrected chi connectivity index (χ4v) is 3.15. The Hall–Kier alpha value is -1.21. The van der Waals surface area contributed by atoms with Gasteiger partial charge < -0.3 is 10.2 Å². The molecule has 0 bridgehead atoms. The molecule has 0 aliphatic carbocycles. The van der Waals surface area contributed by atoms with Crippen molar-refractivity contribution in [2.75, 3.05) is 31.1 Å². The Kier molecular flexibility index (Phi) is 2.95. The van der Waals surface area contributed by atoms with Crippen molar-refractivity contribution < 1.29 is 4.92 Å². The molecule has 6 nitrogen and oxygen atoms in total. The van der Waals surface area contributed by atoms with Crippen LogP contribution in [0.25, 0.3) is 0 Å². The van der Waals surface area contributed by atoms with Crippen molar-refractivity contribution in [2.45, 2.75) is 0 Å². The maximum atomic E-state index is 11.1. The molecule has 18 heavy (non-hydrogen) atoms. The van der Waals surface area contributed by atoms with Gasteiger partial charge in [0.1, 0.15) is 0 Å². The van der Waals surface area contributed by atoms with Gasteiger partial charge in [-0.05, 0) is 27.8 Å². The lowest BCUT2D eigenvalue weighted by Crippen LogP contribution is -2.26. The molecule has 2 fully saturated rings. The Balaban J connectivity index is 1.90. The first-order valence-corrected chi connectivity index (χ1v) is 6.70. The summed E-state index contributed by atoms with van der Waals surface area (Å²) in [4.78, 5) is 17.0. The van der Waals surface area contributed by atoms with Crippen LogP contribution in [0.3, 0.4) is 0 Å². The second-order valence-electron chi connectivity index (χ2n) is 4.84. The molecule has 2 atom stereocenters. The first-order chi connectivity index (χ1) is 8.65. The smallest absolute Gasteiger partial charge is 0.312 e. The molecule has 0 amide bonds. The van der Waals surface area contributed by atoms with Crippen LogP contribution in [0.15, 0.2) is 16.7 Å². The minimum absolute atomic E-state index is 0.0808. The van der Waals surface area contributed by atoms with E-state index in [9.17, 15) is 10.1 Å². The predicted octanol–water partition coefficient (Wildman–Crippen LogP) is 1.41. The van der Waals surface area contributed by atoms with Crippen LogP contribution in [0.2, 0.25) is 0 Å². The van der Waals surface area contributed by atoms with E-state index in [-0.39, 0.29) is 10.6 Å². The van der Waals surface area contributed by atoms with Crippen molar-refractivity contribution in [2.24, 2.45) is 11.8 Å². The van der Waals surface area contributed by atoms with Crippen molar-refractivity contribution in [3.63, 3.8) is 0 Å². The van der Waals surface area contributed by atoms with Crippen molar-refractivity contribution >= 4 is 27.4 Å². The van der Waals surface area contributed by atoms with E-state index in [2.05, 4.69) is 26.2 Å². The quantitative estimate of drug-likeness (QED) is 0.660. The van der Waals surface area contributed by atoms with Gasteiger partial charge in [-0.1, -0.05) is 0 Å². The molecule has 1 N–H and O–H groups in total. The maximum absolute atomic E-state index is 11.1. The highest BCUT2D eigenvalue weighted by Crippen LogP contribution is 2.35. The van der Waals surface area contributed by atoms with Crippen LogP contribution in [0.1, 0.15) is 0 Å². The van der Waals surface area contributed by atoms with Crippen LogP contribution < -0.4 is 10.2 Å². The molecule has 2 aliphatic rings. The van der Waals surface area contributed by atoms with Gasteiger partial charge >= 0.3 is 5.69 Å². The maximum Gasteiger partial charge on any atom is 0.312 e. The molecule has 0 saturated carbocycles. The lowest BCUT2D eigenvalue weighted by molar-refractivity contribution is -0.384. The van der Waals surface area contributed by atoms with Gasteiger partial charge in [0, 0.05) is 42.9 Å². The van der Waals surface area contributed by atoms with Crippen LogP contribution in [0, 0.1) is 22.0 Å². The summed E-state index contributed by atoms with van der Waals surface area (Å²) >= 11 is 3.23. The number of hydrogen-bond donors (Lipinski definition) is 1. The van der Waals surface area contributed by atoms with Gasteiger partial charge in [0.05, 0.1) is 4.92 Å². The van der Waals surface area contributed by atoms with E-state index in [1.807, 2.05) is 4.90 Å². The fraction of sp³-hybridized carbons (Fsp3) is 0.545. The molecular formula is C11H13BrN4O2. The SMILES string of the molecule is O=[N+]([O-])c1cc(Br)cnc1N1C[C@H]2CNC[C@H]2C1. The molecule has 0 unspecified atom stereocenters. The Labute approximate surface area is 113 Å². The molecule has 3 heterocycles. The van der Waals surface area contributed by atoms with E-state index < -0.39 is 0 Å². The summed E-state index contributed by atoms with van der Waals surface area (Å²) in [5.41, 5.74) is 0.0808. The summed E-state index contributed by atoms with van der Waals surface area (Å²) < 4.78 is 0.638. The standard InChI is InChI=1S/C11H13BrN4O2/c12-9-1-10(16(17)18)11(14-4-9)15-5-7-2-13-3-8(7)6-15/h1,4,7-8,13H,2-3,5-6H2/t7-,8+. The molecule has 0 radical (unpaired) electrons. The number of halogens is 1. The number of hydrogen-bond acceptors (Lipinski definition) is 5. The molecule has 0 aromatic carbocycles. The van der Waals surface area contributed by atoms with Crippen molar-refractivity contribution in [1.29, 1.82) is 0 Å². The van der Waals surface area contributed by atoms with Gasteiger partial charge in [0.15, 0.2) is 0 Å². The van der Waals surface area contributed by atoms with Crippen molar-refractivity contribution in [3.8, 4) is 0 Å². The number of pyridine rings is 1. The Morgan fingerprint density at radius 2 is 2.11 bits per heavy atom. The minimum atomic E-state index is -0.362. The van der Waals surface area contributed by atoms with Crippen LogP contribution >= 0.6 is 15.9 Å². The lowest BCUT2D eigenvalue weighted by Gasteiger charge is -2.18. The third-order valence-corrected chi connectivity index (χ3v) is 4.13. The molecular weight excluding hydrogens is 300 g/mol. The zero-order chi connectivity index (χ0) is 12.7. The van der Waals surface area contributed by atoms with E-state index in [1.54, 1.807) is 6.20 Å². The second kappa shape index (κ2) is 4.47. The van der Waals surface area contributed by atoms with Crippen molar-refractivity contribution in [1.82, 2.24) is 10.3 Å². The number of nitrogens with zero attached hydrogens (tertiary/aromatic N) is 3. The van der Waals surface area contributed by atoms with E-state index >= 15 is 0 Å². The predicted molar refractivity (Wildman–Crippen MR) is 70.7 cm³/mol. The average Bonchev–Trinajstić information content (AvgIpc) is 2.88. The van der Waals surface area contributed by atoms with Gasteiger partial charge in [-0.2, -0.15) is 0 Å². The van der Waals surface area contributed by atoms with Crippen LogP contribution in [-0.2, 0) is 0 Å². The Morgan fingerprint density at radius 1 is 1.44 bits per heavy atom. The highest BCUT2D eigenvalue weighted by Gasteiger charge is 2.38. The number of anilines is 1. The van der Waals surface area contributed by atoms with E-state index in [0.717, 1.165) is 26.2 Å². The van der Waals surface area contributed by atoms with Gasteiger partial charge in [0.25, 0.3) is 0 Å². The molecule has 96 valence electrons. The zero-order valence-electron chi connectivity index (χ0n) is 9.67. The number of nitro groups is 1. The largest absolute Gasteiger partial charge is 0.350 e. The summed E-state index contributed by atoms with van der Waals surface area (Å²) in [6.45, 7) is 3.72. The highest BCUT2D eigenvalue weighted by molar-refractivity contribution is 9.10. The Morgan fingerprint density at radius 3 is 2.72 bits per heavy atom. The summed E-state index contributed by atoms with van der Waals surface area (Å²) in [5, 5.41) is 14.4. The normalized spacial score (nSPS) is 26.4. The first-order valence-electron chi connectivity index (χ1n) is 5.91. The summed E-state index contributed by atoms with van der Waals surface area (Å²) in [6, 6.07) is 1.52. The third kappa shape index (κ3) is 1.97. The fourth-order valence-electron chi connectivity index (χ4n) is 2.83. The molecule has 0 spiro atoms. The number of aromatic nitrogens is 1. The van der Waals surface area contributed by atoms with Gasteiger partial charge in [-0.3, -0.25) is 10.1 Å². The summed E-state index contributed by atoms with van der Waals surface area (Å²) in [7, 11) is 0. The molecule has 2 aliphatic heterocycles. The molecule has 7 heteroatoms. The third-order valence-electron chi connectivity index (χ3n) is 3.70. The van der Waals surface area contributed by atoms with E-state index in [4.69, 9.17) is 0 Å². The van der Waals surface area contributed by atoms with Gasteiger partial charge in [0.2, 0.25) is 5.82 Å². The summed E-state index contributed by atoms with van der Waals surface area (Å²) in [5.74, 6) is 1.68. The number of fused-ring (bicyclic) bond motifs is 1. The minimum Gasteiger partial charge on any atom is -0.350 e. The second-order valence-corrected chi connectivity index (χ2v) is 5.75.